The summed E-state index contributed by atoms with van der Waals surface area (Å²) in [5.41, 5.74) is 1.16. The highest BCUT2D eigenvalue weighted by molar-refractivity contribution is 5.87. The third-order valence-electron chi connectivity index (χ3n) is 3.52. The lowest BCUT2D eigenvalue weighted by Gasteiger charge is -2.34. The first kappa shape index (κ1) is 13.8. The average molecular weight is 264 g/mol. The molecular formula is C14H20N2O3. The molecule has 2 rings (SSSR count). The van der Waals surface area contributed by atoms with Crippen LogP contribution in [0.1, 0.15) is 28.8 Å². The molecule has 1 aliphatic rings. The van der Waals surface area contributed by atoms with Crippen molar-refractivity contribution in [2.45, 2.75) is 19.8 Å². The second-order valence-electron chi connectivity index (χ2n) is 5.08. The summed E-state index contributed by atoms with van der Waals surface area (Å²) >= 11 is 0. The van der Waals surface area contributed by atoms with Crippen molar-refractivity contribution in [3.05, 3.63) is 23.4 Å². The van der Waals surface area contributed by atoms with Crippen LogP contribution in [-0.2, 0) is 4.74 Å². The van der Waals surface area contributed by atoms with E-state index in [-0.39, 0.29) is 5.56 Å². The first-order valence-corrected chi connectivity index (χ1v) is 6.55. The molecule has 0 spiro atoms. The highest BCUT2D eigenvalue weighted by Gasteiger charge is 2.22. The van der Waals surface area contributed by atoms with Crippen LogP contribution < -0.4 is 4.90 Å². The van der Waals surface area contributed by atoms with Crippen LogP contribution >= 0.6 is 0 Å². The number of hydrogen-bond acceptors (Lipinski definition) is 4. The quantitative estimate of drug-likeness (QED) is 0.900. The summed E-state index contributed by atoms with van der Waals surface area (Å²) in [7, 11) is 1.73. The number of aryl methyl sites for hydroxylation is 1. The largest absolute Gasteiger partial charge is 0.478 e. The number of anilines is 1. The van der Waals surface area contributed by atoms with Crippen LogP contribution in [0, 0.1) is 12.8 Å². The van der Waals surface area contributed by atoms with Crippen molar-refractivity contribution in [3.63, 3.8) is 0 Å². The minimum atomic E-state index is -0.932. The number of ether oxygens (including phenoxy) is 1. The van der Waals surface area contributed by atoms with Gasteiger partial charge in [0.25, 0.3) is 0 Å². The van der Waals surface area contributed by atoms with Gasteiger partial charge in [0, 0.05) is 26.4 Å². The fourth-order valence-corrected chi connectivity index (χ4v) is 2.64. The maximum Gasteiger partial charge on any atom is 0.337 e. The lowest BCUT2D eigenvalue weighted by molar-refractivity contribution is 0.0696. The molecular weight excluding hydrogens is 244 g/mol. The fourth-order valence-electron chi connectivity index (χ4n) is 2.64. The Balaban J connectivity index is 2.15. The number of aromatic nitrogens is 1. The average Bonchev–Trinajstić information content (AvgIpc) is 2.39. The highest BCUT2D eigenvalue weighted by atomic mass is 16.5. The number of pyridine rings is 1. The minimum Gasteiger partial charge on any atom is -0.478 e. The Labute approximate surface area is 113 Å². The molecule has 0 aromatic carbocycles. The first-order valence-electron chi connectivity index (χ1n) is 6.55. The summed E-state index contributed by atoms with van der Waals surface area (Å²) in [4.78, 5) is 17.5. The lowest BCUT2D eigenvalue weighted by atomic mass is 9.98. The number of nitrogens with zero attached hydrogens (tertiary/aromatic N) is 2. The molecule has 104 valence electrons. The van der Waals surface area contributed by atoms with Crippen LogP contribution in [-0.4, -0.2) is 42.9 Å². The zero-order valence-electron chi connectivity index (χ0n) is 11.4. The zero-order valence-corrected chi connectivity index (χ0v) is 11.4. The van der Waals surface area contributed by atoms with E-state index in [9.17, 15) is 4.79 Å². The molecule has 0 aliphatic carbocycles. The second-order valence-corrected chi connectivity index (χ2v) is 5.08. The maximum absolute atomic E-state index is 10.9. The van der Waals surface area contributed by atoms with Gasteiger partial charge in [-0.15, -0.1) is 0 Å². The molecule has 5 heteroatoms. The molecule has 1 N–H and O–H groups in total. The first-order chi connectivity index (χ1) is 9.11. The molecule has 1 atom stereocenters. The Hall–Kier alpha value is -1.62. The van der Waals surface area contributed by atoms with Crippen LogP contribution in [0.15, 0.2) is 12.3 Å². The van der Waals surface area contributed by atoms with Gasteiger partial charge < -0.3 is 14.7 Å². The van der Waals surface area contributed by atoms with E-state index in [0.717, 1.165) is 37.5 Å². The van der Waals surface area contributed by atoms with Crippen LogP contribution in [0.2, 0.25) is 0 Å². The molecule has 2 heterocycles. The Morgan fingerprint density at radius 2 is 2.42 bits per heavy atom. The van der Waals surface area contributed by atoms with Gasteiger partial charge in [-0.05, 0) is 37.3 Å². The predicted molar refractivity (Wildman–Crippen MR) is 72.7 cm³/mol. The van der Waals surface area contributed by atoms with Crippen LogP contribution in [0.4, 0.5) is 5.82 Å². The molecule has 5 nitrogen and oxygen atoms in total. The normalized spacial score (nSPS) is 19.5. The lowest BCUT2D eigenvalue weighted by Crippen LogP contribution is -2.38. The van der Waals surface area contributed by atoms with Gasteiger partial charge in [-0.25, -0.2) is 9.78 Å². The number of methoxy groups -OCH3 is 1. The van der Waals surface area contributed by atoms with Gasteiger partial charge in [0.1, 0.15) is 5.82 Å². The molecule has 19 heavy (non-hydrogen) atoms. The number of carboxylic acid groups (broad SMARTS) is 1. The summed E-state index contributed by atoms with van der Waals surface area (Å²) in [6, 6.07) is 1.69. The molecule has 0 bridgehead atoms. The van der Waals surface area contributed by atoms with Crippen molar-refractivity contribution >= 4 is 11.8 Å². The Morgan fingerprint density at radius 1 is 1.63 bits per heavy atom. The van der Waals surface area contributed by atoms with Gasteiger partial charge in [-0.2, -0.15) is 0 Å². The van der Waals surface area contributed by atoms with Crippen molar-refractivity contribution in [1.29, 1.82) is 0 Å². The van der Waals surface area contributed by atoms with E-state index in [1.165, 1.54) is 12.6 Å². The zero-order chi connectivity index (χ0) is 13.8. The molecule has 0 radical (unpaired) electrons. The molecule has 0 amide bonds. The predicted octanol–water partition coefficient (Wildman–Crippen LogP) is 1.95. The van der Waals surface area contributed by atoms with E-state index in [1.807, 2.05) is 6.92 Å². The van der Waals surface area contributed by atoms with Gasteiger partial charge in [0.05, 0.1) is 12.2 Å². The molecule has 1 aliphatic heterocycles. The van der Waals surface area contributed by atoms with Gasteiger partial charge in [-0.3, -0.25) is 0 Å². The Bertz CT molecular complexity index is 460. The van der Waals surface area contributed by atoms with Crippen LogP contribution in [0.25, 0.3) is 0 Å². The van der Waals surface area contributed by atoms with E-state index >= 15 is 0 Å². The van der Waals surface area contributed by atoms with Gasteiger partial charge in [0.15, 0.2) is 0 Å². The van der Waals surface area contributed by atoms with Crippen molar-refractivity contribution in [2.75, 3.05) is 31.7 Å². The third-order valence-corrected chi connectivity index (χ3v) is 3.52. The van der Waals surface area contributed by atoms with Gasteiger partial charge in [-0.1, -0.05) is 0 Å². The number of carboxylic acids is 1. The number of piperidine rings is 1. The van der Waals surface area contributed by atoms with E-state index in [2.05, 4.69) is 9.88 Å². The van der Waals surface area contributed by atoms with Crippen molar-refractivity contribution in [3.8, 4) is 0 Å². The minimum absolute atomic E-state index is 0.242. The van der Waals surface area contributed by atoms with Gasteiger partial charge >= 0.3 is 5.97 Å². The number of rotatable bonds is 4. The summed E-state index contributed by atoms with van der Waals surface area (Å²) < 4.78 is 5.22. The fraction of sp³-hybridized carbons (Fsp3) is 0.571. The summed E-state index contributed by atoms with van der Waals surface area (Å²) in [6.45, 7) is 4.58. The van der Waals surface area contributed by atoms with Crippen molar-refractivity contribution < 1.29 is 14.6 Å². The maximum atomic E-state index is 10.9. The molecule has 1 saturated heterocycles. The van der Waals surface area contributed by atoms with Crippen LogP contribution in [0.3, 0.4) is 0 Å². The molecule has 0 saturated carbocycles. The van der Waals surface area contributed by atoms with Crippen molar-refractivity contribution in [2.24, 2.45) is 5.92 Å². The van der Waals surface area contributed by atoms with E-state index in [0.29, 0.717) is 5.92 Å². The standard InChI is InChI=1S/C14H20N2O3/c1-10-6-12(14(17)18)7-15-13(10)16-5-3-4-11(8-16)9-19-2/h6-7,11H,3-5,8-9H2,1-2H3,(H,17,18). The number of hydrogen-bond donors (Lipinski definition) is 1. The molecule has 1 aromatic heterocycles. The SMILES string of the molecule is COCC1CCCN(c2ncc(C(=O)O)cc2C)C1. The summed E-state index contributed by atoms with van der Waals surface area (Å²) in [6.07, 6.45) is 3.73. The summed E-state index contributed by atoms with van der Waals surface area (Å²) in [5.74, 6) is 0.489. The second kappa shape index (κ2) is 6.02. The van der Waals surface area contributed by atoms with E-state index < -0.39 is 5.97 Å². The Morgan fingerprint density at radius 3 is 3.05 bits per heavy atom. The van der Waals surface area contributed by atoms with Gasteiger partial charge in [0.2, 0.25) is 0 Å². The monoisotopic (exact) mass is 264 g/mol. The van der Waals surface area contributed by atoms with E-state index in [1.54, 1.807) is 13.2 Å². The van der Waals surface area contributed by atoms with Crippen molar-refractivity contribution in [1.82, 2.24) is 4.98 Å². The third kappa shape index (κ3) is 3.23. The molecule has 1 unspecified atom stereocenters. The number of carbonyl (C=O) groups is 1. The van der Waals surface area contributed by atoms with E-state index in [4.69, 9.17) is 9.84 Å². The molecule has 1 fully saturated rings. The molecule has 1 aromatic rings. The highest BCUT2D eigenvalue weighted by Crippen LogP contribution is 2.24. The van der Waals surface area contributed by atoms with Crippen LogP contribution in [0.5, 0.6) is 0 Å². The number of aromatic carboxylic acids is 1. The summed E-state index contributed by atoms with van der Waals surface area (Å²) in [5, 5.41) is 8.95. The smallest absolute Gasteiger partial charge is 0.337 e. The topological polar surface area (TPSA) is 62.7 Å². The Kier molecular flexibility index (Phi) is 4.37.